The number of amides is 3. The number of hydrogen-bond donors (Lipinski definition) is 2. The number of rotatable bonds is 7. The molecule has 1 aliphatic heterocycles. The van der Waals surface area contributed by atoms with Crippen LogP contribution in [0.2, 0.25) is 0 Å². The maximum absolute atomic E-state index is 13.5. The van der Waals surface area contributed by atoms with Crippen LogP contribution in [0, 0.1) is 6.92 Å². The predicted octanol–water partition coefficient (Wildman–Crippen LogP) is 3.62. The van der Waals surface area contributed by atoms with Crippen molar-refractivity contribution in [2.45, 2.75) is 13.3 Å². The lowest BCUT2D eigenvalue weighted by molar-refractivity contribution is -0.122. The van der Waals surface area contributed by atoms with Crippen LogP contribution in [0.1, 0.15) is 17.5 Å². The number of para-hydroxylation sites is 1. The third-order valence-electron chi connectivity index (χ3n) is 5.40. The van der Waals surface area contributed by atoms with Crippen LogP contribution in [0.15, 0.2) is 71.7 Å². The van der Waals surface area contributed by atoms with Crippen LogP contribution in [0.4, 0.5) is 4.79 Å². The summed E-state index contributed by atoms with van der Waals surface area (Å²) in [5.74, 6) is 0.0687. The molecule has 0 atom stereocenters. The second kappa shape index (κ2) is 9.04. The minimum absolute atomic E-state index is 0.0346. The van der Waals surface area contributed by atoms with Gasteiger partial charge >= 0.3 is 6.03 Å². The fourth-order valence-corrected chi connectivity index (χ4v) is 3.66. The largest absolute Gasteiger partial charge is 0.496 e. The molecule has 0 spiro atoms. The zero-order valence-electron chi connectivity index (χ0n) is 18.4. The number of nitrogens with one attached hydrogen (secondary N) is 2. The molecule has 168 valence electrons. The van der Waals surface area contributed by atoms with Crippen LogP contribution < -0.4 is 15.6 Å². The van der Waals surface area contributed by atoms with Crippen LogP contribution >= 0.6 is 0 Å². The van der Waals surface area contributed by atoms with Crippen molar-refractivity contribution in [1.29, 1.82) is 0 Å². The highest BCUT2D eigenvalue weighted by Gasteiger charge is 2.33. The molecule has 1 aromatic heterocycles. The van der Waals surface area contributed by atoms with Gasteiger partial charge in [-0.15, -0.1) is 6.58 Å². The van der Waals surface area contributed by atoms with Gasteiger partial charge in [0.1, 0.15) is 11.4 Å². The molecule has 1 aliphatic rings. The summed E-state index contributed by atoms with van der Waals surface area (Å²) >= 11 is 0. The summed E-state index contributed by atoms with van der Waals surface area (Å²) in [6, 6.07) is 14.2. The van der Waals surface area contributed by atoms with Crippen molar-refractivity contribution < 1.29 is 14.3 Å². The molecule has 1 saturated heterocycles. The van der Waals surface area contributed by atoms with E-state index in [1.807, 2.05) is 49.4 Å². The van der Waals surface area contributed by atoms with Gasteiger partial charge in [0.15, 0.2) is 0 Å². The molecule has 0 radical (unpaired) electrons. The number of aryl methyl sites for hydroxylation is 1. The van der Waals surface area contributed by atoms with E-state index in [1.165, 1.54) is 10.8 Å². The van der Waals surface area contributed by atoms with Crippen LogP contribution in [-0.4, -0.2) is 40.3 Å². The maximum atomic E-state index is 13.5. The Morgan fingerprint density at radius 1 is 1.06 bits per heavy atom. The van der Waals surface area contributed by atoms with Gasteiger partial charge in [0.05, 0.1) is 24.1 Å². The Morgan fingerprint density at radius 3 is 2.48 bits per heavy atom. The molecule has 3 aromatic rings. The highest BCUT2D eigenvalue weighted by molar-refractivity contribution is 6.14. The number of carbonyl (C=O) groups is 2. The molecule has 1 fully saturated rings. The van der Waals surface area contributed by atoms with E-state index in [2.05, 4.69) is 17.0 Å². The number of aromatic nitrogens is 2. The van der Waals surface area contributed by atoms with Gasteiger partial charge in [-0.1, -0.05) is 35.9 Å². The Morgan fingerprint density at radius 2 is 1.79 bits per heavy atom. The normalized spacial score (nSPS) is 14.6. The summed E-state index contributed by atoms with van der Waals surface area (Å²) in [5, 5.41) is 5.72. The van der Waals surface area contributed by atoms with E-state index < -0.39 is 11.9 Å². The minimum atomic E-state index is -0.527. The van der Waals surface area contributed by atoms with E-state index in [-0.39, 0.29) is 23.4 Å². The lowest BCUT2D eigenvalue weighted by Crippen LogP contribution is -2.31. The van der Waals surface area contributed by atoms with Gasteiger partial charge in [-0.25, -0.2) is 9.48 Å². The summed E-state index contributed by atoms with van der Waals surface area (Å²) in [5.41, 5.74) is 2.72. The number of carbonyl (C=O) groups excluding carboxylic acids is 2. The average molecular weight is 444 g/mol. The van der Waals surface area contributed by atoms with Crippen molar-refractivity contribution >= 4 is 18.0 Å². The molecule has 3 amide bonds. The first-order chi connectivity index (χ1) is 15.9. The smallest absolute Gasteiger partial charge is 0.329 e. The number of urea groups is 1. The van der Waals surface area contributed by atoms with Gasteiger partial charge in [0, 0.05) is 12.1 Å². The average Bonchev–Trinajstić information content (AvgIpc) is 3.28. The van der Waals surface area contributed by atoms with E-state index >= 15 is 0 Å². The highest BCUT2D eigenvalue weighted by atomic mass is 16.5. The third kappa shape index (κ3) is 4.10. The first-order valence-corrected chi connectivity index (χ1v) is 10.5. The molecule has 0 unspecified atom stereocenters. The van der Waals surface area contributed by atoms with Crippen LogP contribution in [0.25, 0.3) is 23.0 Å². The molecular formula is C25H24N4O4. The zero-order chi connectivity index (χ0) is 23.5. The van der Waals surface area contributed by atoms with Gasteiger partial charge in [0.25, 0.3) is 11.5 Å². The summed E-state index contributed by atoms with van der Waals surface area (Å²) in [7, 11) is 1.55. The van der Waals surface area contributed by atoms with E-state index in [0.29, 0.717) is 29.1 Å². The quantitative estimate of drug-likeness (QED) is 0.331. The Hall–Kier alpha value is -4.33. The van der Waals surface area contributed by atoms with Crippen molar-refractivity contribution in [3.8, 4) is 22.7 Å². The molecule has 2 heterocycles. The fraction of sp³-hybridized carbons (Fsp3) is 0.160. The molecule has 33 heavy (non-hydrogen) atoms. The summed E-state index contributed by atoms with van der Waals surface area (Å²) in [4.78, 5) is 39.7. The van der Waals surface area contributed by atoms with E-state index in [9.17, 15) is 14.4 Å². The minimum Gasteiger partial charge on any atom is -0.496 e. The molecule has 0 saturated carbocycles. The van der Waals surface area contributed by atoms with E-state index in [4.69, 9.17) is 4.74 Å². The molecular weight excluding hydrogens is 420 g/mol. The van der Waals surface area contributed by atoms with E-state index in [0.717, 1.165) is 10.5 Å². The molecule has 2 aromatic carbocycles. The lowest BCUT2D eigenvalue weighted by atomic mass is 10.1. The van der Waals surface area contributed by atoms with Crippen LogP contribution in [-0.2, 0) is 4.79 Å². The first-order valence-electron chi connectivity index (χ1n) is 10.5. The number of ether oxygens (including phenoxy) is 1. The molecule has 8 heteroatoms. The van der Waals surface area contributed by atoms with Gasteiger partial charge in [-0.2, -0.15) is 0 Å². The standard InChI is InChI=1S/C25H24N4O4/c1-4-5-14-28-24(31)20(26-25(28)32)15-19-22(18-8-6-7-9-21(18)33-3)27-29(23(19)30)17-12-10-16(2)11-13-17/h4,6-13,15,27H,1,5,14H2,2-3H3,(H,26,32)/b20-15-. The van der Waals surface area contributed by atoms with Crippen molar-refractivity contribution in [3.63, 3.8) is 0 Å². The molecule has 8 nitrogen and oxygen atoms in total. The van der Waals surface area contributed by atoms with Gasteiger partial charge in [0.2, 0.25) is 0 Å². The maximum Gasteiger partial charge on any atom is 0.329 e. The number of methoxy groups -OCH3 is 1. The Balaban J connectivity index is 1.88. The Bertz CT molecular complexity index is 1310. The number of H-pyrrole nitrogens is 1. The monoisotopic (exact) mass is 444 g/mol. The number of hydrogen-bond acceptors (Lipinski definition) is 4. The molecule has 0 bridgehead atoms. The van der Waals surface area contributed by atoms with Crippen LogP contribution in [0.5, 0.6) is 5.75 Å². The van der Waals surface area contributed by atoms with Gasteiger partial charge in [-0.05, 0) is 43.7 Å². The number of aromatic amines is 1. The van der Waals surface area contributed by atoms with Crippen LogP contribution in [0.3, 0.4) is 0 Å². The Labute approximate surface area is 190 Å². The third-order valence-corrected chi connectivity index (χ3v) is 5.40. The van der Waals surface area contributed by atoms with Crippen molar-refractivity contribution in [1.82, 2.24) is 20.0 Å². The topological polar surface area (TPSA) is 96.4 Å². The van der Waals surface area contributed by atoms with Gasteiger partial charge < -0.3 is 10.1 Å². The SMILES string of the molecule is C=CCCN1C(=O)N/C(=C\c2c(-c3ccccc3OC)[nH]n(-c3ccc(C)cc3)c2=O)C1=O. The second-order valence-electron chi connectivity index (χ2n) is 7.60. The molecule has 2 N–H and O–H groups in total. The fourth-order valence-electron chi connectivity index (χ4n) is 3.66. The number of nitrogens with zero attached hydrogens (tertiary/aromatic N) is 2. The first kappa shape index (κ1) is 21.9. The lowest BCUT2D eigenvalue weighted by Gasteiger charge is -2.09. The Kier molecular flexibility index (Phi) is 5.99. The van der Waals surface area contributed by atoms with Crippen molar-refractivity contribution in [2.75, 3.05) is 13.7 Å². The zero-order valence-corrected chi connectivity index (χ0v) is 18.4. The number of benzene rings is 2. The molecule has 4 rings (SSSR count). The summed E-state index contributed by atoms with van der Waals surface area (Å²) < 4.78 is 6.90. The van der Waals surface area contributed by atoms with Crippen molar-refractivity contribution in [2.24, 2.45) is 0 Å². The van der Waals surface area contributed by atoms with Crippen molar-refractivity contribution in [3.05, 3.63) is 88.4 Å². The predicted molar refractivity (Wildman–Crippen MR) is 126 cm³/mol. The van der Waals surface area contributed by atoms with Gasteiger partial charge in [-0.3, -0.25) is 19.6 Å². The summed E-state index contributed by atoms with van der Waals surface area (Å²) in [6.07, 6.45) is 3.52. The number of imide groups is 1. The summed E-state index contributed by atoms with van der Waals surface area (Å²) in [6.45, 7) is 5.80. The molecule has 0 aliphatic carbocycles. The second-order valence-corrected chi connectivity index (χ2v) is 7.60. The highest BCUT2D eigenvalue weighted by Crippen LogP contribution is 2.31. The van der Waals surface area contributed by atoms with E-state index in [1.54, 1.807) is 19.3 Å².